The van der Waals surface area contributed by atoms with E-state index in [1.807, 2.05) is 0 Å². The van der Waals surface area contributed by atoms with E-state index in [4.69, 9.17) is 17.3 Å². The maximum absolute atomic E-state index is 10.3. The van der Waals surface area contributed by atoms with E-state index < -0.39 is 5.97 Å². The van der Waals surface area contributed by atoms with E-state index in [2.05, 4.69) is 18.7 Å². The van der Waals surface area contributed by atoms with E-state index in [1.54, 1.807) is 0 Å². The fourth-order valence-corrected chi connectivity index (χ4v) is 3.38. The lowest BCUT2D eigenvalue weighted by Crippen LogP contribution is -2.24. The second kappa shape index (κ2) is 12.6. The summed E-state index contributed by atoms with van der Waals surface area (Å²) >= 11 is 5.22. The minimum absolute atomic E-state index is 0. The largest absolute Gasteiger partial charge is 0.481 e. The normalized spacial score (nSPS) is 10.1. The quantitative estimate of drug-likeness (QED) is 0.385. The Balaban J connectivity index is 0. The molecule has 0 rings (SSSR count). The van der Waals surface area contributed by atoms with Gasteiger partial charge in [-0.3, -0.25) is 4.79 Å². The molecule has 0 aliphatic rings. The van der Waals surface area contributed by atoms with Crippen molar-refractivity contribution in [1.29, 1.82) is 0 Å². The van der Waals surface area contributed by atoms with Crippen LogP contribution in [0.25, 0.3) is 0 Å². The highest BCUT2D eigenvalue weighted by Gasteiger charge is 2.04. The number of carboxylic acids is 1. The second-order valence-electron chi connectivity index (χ2n) is 3.20. The fourth-order valence-electron chi connectivity index (χ4n) is 1.07. The summed E-state index contributed by atoms with van der Waals surface area (Å²) < 4.78 is 0.960. The average molecular weight is 298 g/mol. The summed E-state index contributed by atoms with van der Waals surface area (Å²) in [7, 11) is 3.07. The van der Waals surface area contributed by atoms with Crippen molar-refractivity contribution >= 4 is 44.0 Å². The first-order chi connectivity index (χ1) is 7.60. The van der Waals surface area contributed by atoms with Crippen LogP contribution in [0.1, 0.15) is 26.7 Å². The number of carbonyl (C=O) groups is 1. The highest BCUT2D eigenvalue weighted by molar-refractivity contribution is 8.83. The first-order valence-corrected chi connectivity index (χ1v) is 8.09. The monoisotopic (exact) mass is 298 g/mol. The van der Waals surface area contributed by atoms with Gasteiger partial charge in [-0.1, -0.05) is 47.7 Å². The van der Waals surface area contributed by atoms with Crippen LogP contribution in [0.2, 0.25) is 0 Å². The molecule has 17 heavy (non-hydrogen) atoms. The minimum Gasteiger partial charge on any atom is -0.481 e. The van der Waals surface area contributed by atoms with Crippen molar-refractivity contribution in [2.45, 2.75) is 26.7 Å². The number of aliphatic carboxylic acids is 1. The highest BCUT2D eigenvalue weighted by Crippen LogP contribution is 2.25. The first-order valence-electron chi connectivity index (χ1n) is 5.36. The van der Waals surface area contributed by atoms with Gasteiger partial charge in [-0.05, 0) is 13.1 Å². The summed E-state index contributed by atoms with van der Waals surface area (Å²) in [5.41, 5.74) is 0. The second-order valence-corrected chi connectivity index (χ2v) is 6.46. The zero-order chi connectivity index (χ0) is 12.4. The Kier molecular flexibility index (Phi) is 14.5. The Morgan fingerprint density at radius 2 is 1.88 bits per heavy atom. The summed E-state index contributed by atoms with van der Waals surface area (Å²) in [6.07, 6.45) is 1.11. The number of nitrogens with zero attached hydrogens (tertiary/aromatic N) is 1. The van der Waals surface area contributed by atoms with E-state index in [0.29, 0.717) is 5.75 Å². The summed E-state index contributed by atoms with van der Waals surface area (Å²) in [4.78, 5) is 12.6. The van der Waals surface area contributed by atoms with Crippen LogP contribution in [0.5, 0.6) is 0 Å². The van der Waals surface area contributed by atoms with Crippen molar-refractivity contribution in [1.82, 2.24) is 11.1 Å². The smallest absolute Gasteiger partial charge is 0.304 e. The molecule has 4 N–H and O–H groups in total. The molecule has 0 atom stereocenters. The third-order valence-corrected chi connectivity index (χ3v) is 5.18. The number of rotatable bonds is 9. The third kappa shape index (κ3) is 12.4. The van der Waals surface area contributed by atoms with Crippen molar-refractivity contribution in [2.24, 2.45) is 0 Å². The summed E-state index contributed by atoms with van der Waals surface area (Å²) in [5.74, 6) is -0.132. The molecular formula is C10H22N2O2S3. The van der Waals surface area contributed by atoms with Crippen LogP contribution in [0.3, 0.4) is 0 Å². The van der Waals surface area contributed by atoms with Gasteiger partial charge in [0.05, 0.1) is 10.6 Å². The SMILES string of the molecule is CCN(CC)CCC(=S)SSCCC(=O)O.N. The van der Waals surface area contributed by atoms with Gasteiger partial charge >= 0.3 is 5.97 Å². The number of hydrogen-bond acceptors (Lipinski definition) is 6. The molecule has 0 aliphatic carbocycles. The Hall–Kier alpha value is 0.180. The molecule has 102 valence electrons. The zero-order valence-corrected chi connectivity index (χ0v) is 12.9. The van der Waals surface area contributed by atoms with Crippen LogP contribution in [0.15, 0.2) is 0 Å². The van der Waals surface area contributed by atoms with Crippen LogP contribution in [-0.4, -0.2) is 45.6 Å². The third-order valence-electron chi connectivity index (χ3n) is 2.08. The Morgan fingerprint density at radius 1 is 1.29 bits per heavy atom. The van der Waals surface area contributed by atoms with E-state index in [1.165, 1.54) is 21.6 Å². The molecule has 0 saturated carbocycles. The van der Waals surface area contributed by atoms with E-state index in [0.717, 1.165) is 30.3 Å². The lowest BCUT2D eigenvalue weighted by molar-refractivity contribution is -0.136. The molecule has 4 nitrogen and oxygen atoms in total. The van der Waals surface area contributed by atoms with Crippen molar-refractivity contribution < 1.29 is 9.90 Å². The van der Waals surface area contributed by atoms with Crippen LogP contribution in [-0.2, 0) is 4.79 Å². The van der Waals surface area contributed by atoms with Gasteiger partial charge in [0.15, 0.2) is 0 Å². The van der Waals surface area contributed by atoms with Crippen molar-refractivity contribution in [2.75, 3.05) is 25.4 Å². The molecule has 0 saturated heterocycles. The molecule has 7 heteroatoms. The molecule has 0 radical (unpaired) electrons. The number of hydrogen-bond donors (Lipinski definition) is 2. The van der Waals surface area contributed by atoms with Crippen molar-refractivity contribution in [3.05, 3.63) is 0 Å². The van der Waals surface area contributed by atoms with Gasteiger partial charge in [0, 0.05) is 18.7 Å². The molecule has 0 heterocycles. The number of thiocarbonyl (C=S) groups is 1. The molecule has 0 unspecified atom stereocenters. The first kappa shape index (κ1) is 19.5. The summed E-state index contributed by atoms with van der Waals surface area (Å²) in [6, 6.07) is 0. The van der Waals surface area contributed by atoms with Crippen molar-refractivity contribution in [3.63, 3.8) is 0 Å². The Labute approximate surface area is 117 Å². The van der Waals surface area contributed by atoms with Crippen LogP contribution in [0, 0.1) is 0 Å². The van der Waals surface area contributed by atoms with Crippen LogP contribution in [0.4, 0.5) is 0 Å². The Morgan fingerprint density at radius 3 is 2.35 bits per heavy atom. The maximum atomic E-state index is 10.3. The summed E-state index contributed by atoms with van der Waals surface area (Å²) in [6.45, 7) is 7.38. The fraction of sp³-hybridized carbons (Fsp3) is 0.800. The van der Waals surface area contributed by atoms with E-state index >= 15 is 0 Å². The van der Waals surface area contributed by atoms with Gasteiger partial charge < -0.3 is 16.2 Å². The highest BCUT2D eigenvalue weighted by atomic mass is 33.1. The average Bonchev–Trinajstić information content (AvgIpc) is 2.25. The standard InChI is InChI=1S/C10H19NO2S3.H3N/c1-3-11(4-2)7-5-10(14)16-15-8-6-9(12)13;/h3-8H2,1-2H3,(H,12,13);1H3. The van der Waals surface area contributed by atoms with Gasteiger partial charge in [-0.2, -0.15) is 0 Å². The topological polar surface area (TPSA) is 75.5 Å². The molecule has 0 spiro atoms. The molecule has 0 aromatic heterocycles. The zero-order valence-electron chi connectivity index (χ0n) is 10.5. The lowest BCUT2D eigenvalue weighted by atomic mass is 10.4. The van der Waals surface area contributed by atoms with Gasteiger partial charge in [0.25, 0.3) is 0 Å². The molecule has 0 bridgehead atoms. The summed E-state index contributed by atoms with van der Waals surface area (Å²) in [5, 5.41) is 8.46. The predicted octanol–water partition coefficient (Wildman–Crippen LogP) is 3.06. The molecule has 0 aromatic rings. The molecule has 0 aliphatic heterocycles. The Bertz CT molecular complexity index is 224. The lowest BCUT2D eigenvalue weighted by Gasteiger charge is -2.17. The molecular weight excluding hydrogens is 276 g/mol. The van der Waals surface area contributed by atoms with Crippen LogP contribution >= 0.6 is 33.8 Å². The molecule has 0 aromatic carbocycles. The maximum Gasteiger partial charge on any atom is 0.304 e. The molecule has 0 amide bonds. The van der Waals surface area contributed by atoms with E-state index in [-0.39, 0.29) is 12.6 Å². The van der Waals surface area contributed by atoms with Gasteiger partial charge in [-0.25, -0.2) is 0 Å². The van der Waals surface area contributed by atoms with Crippen LogP contribution < -0.4 is 6.15 Å². The minimum atomic E-state index is -0.748. The van der Waals surface area contributed by atoms with Gasteiger partial charge in [0.1, 0.15) is 0 Å². The number of carboxylic acid groups (broad SMARTS) is 1. The van der Waals surface area contributed by atoms with Gasteiger partial charge in [-0.15, -0.1) is 0 Å². The predicted molar refractivity (Wildman–Crippen MR) is 82.3 cm³/mol. The van der Waals surface area contributed by atoms with Gasteiger partial charge in [0.2, 0.25) is 0 Å². The van der Waals surface area contributed by atoms with E-state index in [9.17, 15) is 4.79 Å². The molecule has 0 fully saturated rings. The van der Waals surface area contributed by atoms with Crippen molar-refractivity contribution in [3.8, 4) is 0 Å².